The van der Waals surface area contributed by atoms with Crippen molar-refractivity contribution in [2.75, 3.05) is 57.4 Å². The molecule has 2 unspecified atom stereocenters. The van der Waals surface area contributed by atoms with Crippen molar-refractivity contribution in [1.29, 1.82) is 0 Å². The molecule has 1 aromatic carbocycles. The van der Waals surface area contributed by atoms with E-state index in [0.717, 1.165) is 62.2 Å². The topological polar surface area (TPSA) is 56.2 Å². The normalized spacial score (nSPS) is 26.9. The van der Waals surface area contributed by atoms with Crippen molar-refractivity contribution in [3.05, 3.63) is 28.8 Å². The number of benzene rings is 1. The molecule has 1 amide bonds. The minimum atomic E-state index is -0.790. The van der Waals surface area contributed by atoms with E-state index in [0.29, 0.717) is 24.9 Å². The maximum Gasteiger partial charge on any atom is 0.407 e. The van der Waals surface area contributed by atoms with E-state index in [1.54, 1.807) is 4.90 Å². The van der Waals surface area contributed by atoms with Gasteiger partial charge in [-0.25, -0.2) is 4.79 Å². The molecule has 0 aromatic heterocycles. The van der Waals surface area contributed by atoms with Crippen molar-refractivity contribution in [3.63, 3.8) is 0 Å². The Hall–Kier alpha value is -1.50. The summed E-state index contributed by atoms with van der Waals surface area (Å²) < 4.78 is 5.43. The van der Waals surface area contributed by atoms with Gasteiger partial charge in [0.15, 0.2) is 0 Å². The zero-order valence-electron chi connectivity index (χ0n) is 14.2. The van der Waals surface area contributed by atoms with Crippen LogP contribution in [0.4, 0.5) is 10.5 Å². The highest BCUT2D eigenvalue weighted by atomic mass is 35.5. The number of hydrogen-bond acceptors (Lipinski definition) is 4. The van der Waals surface area contributed by atoms with E-state index < -0.39 is 6.09 Å². The van der Waals surface area contributed by atoms with E-state index >= 15 is 0 Å². The summed E-state index contributed by atoms with van der Waals surface area (Å²) in [5.41, 5.74) is 2.25. The van der Waals surface area contributed by atoms with Crippen LogP contribution in [0.15, 0.2) is 18.2 Å². The van der Waals surface area contributed by atoms with Crippen molar-refractivity contribution in [3.8, 4) is 0 Å². The second-order valence-corrected chi connectivity index (χ2v) is 7.63. The lowest BCUT2D eigenvalue weighted by Gasteiger charge is -2.30. The highest BCUT2D eigenvalue weighted by Crippen LogP contribution is 2.35. The van der Waals surface area contributed by atoms with Gasteiger partial charge in [-0.3, -0.25) is 4.90 Å². The SMILES string of the molecule is O=C(O)N1CC2CN(Cc3cccc(N4CCOCC4)c3Cl)CC2C1. The fourth-order valence-corrected chi connectivity index (χ4v) is 4.66. The summed E-state index contributed by atoms with van der Waals surface area (Å²) in [5, 5.41) is 9.98. The van der Waals surface area contributed by atoms with Gasteiger partial charge in [-0.2, -0.15) is 0 Å². The zero-order chi connectivity index (χ0) is 17.4. The third-order valence-electron chi connectivity index (χ3n) is 5.64. The third-order valence-corrected chi connectivity index (χ3v) is 6.07. The van der Waals surface area contributed by atoms with Gasteiger partial charge in [0.25, 0.3) is 0 Å². The molecular formula is C18H24ClN3O3. The van der Waals surface area contributed by atoms with Gasteiger partial charge < -0.3 is 19.6 Å². The van der Waals surface area contributed by atoms with Gasteiger partial charge in [0.2, 0.25) is 0 Å². The number of halogens is 1. The second kappa shape index (κ2) is 7.02. The molecule has 3 heterocycles. The summed E-state index contributed by atoms with van der Waals surface area (Å²) >= 11 is 6.71. The van der Waals surface area contributed by atoms with Crippen LogP contribution in [0.1, 0.15) is 5.56 Å². The van der Waals surface area contributed by atoms with Crippen molar-refractivity contribution in [2.45, 2.75) is 6.54 Å². The molecule has 0 bridgehead atoms. The molecule has 136 valence electrons. The van der Waals surface area contributed by atoms with Crippen LogP contribution in [0.2, 0.25) is 5.02 Å². The Morgan fingerprint density at radius 2 is 1.84 bits per heavy atom. The van der Waals surface area contributed by atoms with E-state index in [1.807, 2.05) is 0 Å². The fourth-order valence-electron chi connectivity index (χ4n) is 4.35. The average molecular weight is 366 g/mol. The summed E-state index contributed by atoms with van der Waals surface area (Å²) in [6.07, 6.45) is -0.790. The number of carbonyl (C=O) groups is 1. The van der Waals surface area contributed by atoms with Crippen LogP contribution in [-0.4, -0.2) is 73.5 Å². The highest BCUT2D eigenvalue weighted by molar-refractivity contribution is 6.34. The largest absolute Gasteiger partial charge is 0.465 e. The molecule has 7 heteroatoms. The lowest BCUT2D eigenvalue weighted by Crippen LogP contribution is -2.36. The van der Waals surface area contributed by atoms with E-state index in [4.69, 9.17) is 21.4 Å². The van der Waals surface area contributed by atoms with E-state index in [2.05, 4.69) is 28.0 Å². The molecule has 6 nitrogen and oxygen atoms in total. The lowest BCUT2D eigenvalue weighted by molar-refractivity contribution is 0.122. The number of morpholine rings is 1. The molecule has 0 aliphatic carbocycles. The Labute approximate surface area is 152 Å². The number of ether oxygens (including phenoxy) is 1. The molecule has 2 atom stereocenters. The van der Waals surface area contributed by atoms with Crippen molar-refractivity contribution >= 4 is 23.4 Å². The maximum atomic E-state index is 11.1. The van der Waals surface area contributed by atoms with Crippen LogP contribution >= 0.6 is 11.6 Å². The molecule has 0 radical (unpaired) electrons. The number of fused-ring (bicyclic) bond motifs is 1. The number of nitrogens with zero attached hydrogens (tertiary/aromatic N) is 3. The van der Waals surface area contributed by atoms with E-state index in [9.17, 15) is 4.79 Å². The number of amides is 1. The van der Waals surface area contributed by atoms with Crippen LogP contribution in [0, 0.1) is 11.8 Å². The zero-order valence-corrected chi connectivity index (χ0v) is 15.0. The van der Waals surface area contributed by atoms with Crippen molar-refractivity contribution in [2.24, 2.45) is 11.8 Å². The molecule has 1 aromatic rings. The predicted octanol–water partition coefficient (Wildman–Crippen LogP) is 2.22. The molecule has 4 rings (SSSR count). The Bertz CT molecular complexity index is 636. The molecule has 1 N–H and O–H groups in total. The summed E-state index contributed by atoms with van der Waals surface area (Å²) in [5.74, 6) is 0.912. The van der Waals surface area contributed by atoms with Gasteiger partial charge in [0.05, 0.1) is 23.9 Å². The second-order valence-electron chi connectivity index (χ2n) is 7.25. The number of likely N-dealkylation sites (tertiary alicyclic amines) is 2. The van der Waals surface area contributed by atoms with Gasteiger partial charge >= 0.3 is 6.09 Å². The molecule has 0 saturated carbocycles. The van der Waals surface area contributed by atoms with Gasteiger partial charge in [-0.15, -0.1) is 0 Å². The summed E-state index contributed by atoms with van der Waals surface area (Å²) in [4.78, 5) is 17.4. The number of rotatable bonds is 3. The molecule has 3 aliphatic heterocycles. The summed E-state index contributed by atoms with van der Waals surface area (Å²) in [6, 6.07) is 6.26. The van der Waals surface area contributed by atoms with Crippen molar-refractivity contribution < 1.29 is 14.6 Å². The minimum Gasteiger partial charge on any atom is -0.465 e. The van der Waals surface area contributed by atoms with Gasteiger partial charge in [0, 0.05) is 45.8 Å². The van der Waals surface area contributed by atoms with Gasteiger partial charge in [-0.05, 0) is 23.5 Å². The quantitative estimate of drug-likeness (QED) is 0.890. The Kier molecular flexibility index (Phi) is 4.75. The lowest BCUT2D eigenvalue weighted by atomic mass is 10.0. The first-order valence-electron chi connectivity index (χ1n) is 8.92. The third kappa shape index (κ3) is 3.43. The Morgan fingerprint density at radius 3 is 2.48 bits per heavy atom. The number of anilines is 1. The van der Waals surface area contributed by atoms with E-state index in [-0.39, 0.29) is 0 Å². The Balaban J connectivity index is 1.41. The Morgan fingerprint density at radius 1 is 1.16 bits per heavy atom. The fraction of sp³-hybridized carbons (Fsp3) is 0.611. The first kappa shape index (κ1) is 16.9. The smallest absolute Gasteiger partial charge is 0.407 e. The summed E-state index contributed by atoms with van der Waals surface area (Å²) in [7, 11) is 0. The standard InChI is InChI=1S/C18H24ClN3O3/c19-17-13(2-1-3-16(17)21-4-6-25-7-5-21)8-20-9-14-11-22(18(23)24)12-15(14)10-20/h1-3,14-15H,4-12H2,(H,23,24). The van der Waals surface area contributed by atoms with Crippen LogP contribution < -0.4 is 4.90 Å². The first-order valence-corrected chi connectivity index (χ1v) is 9.30. The van der Waals surface area contributed by atoms with Crippen LogP contribution in [-0.2, 0) is 11.3 Å². The maximum absolute atomic E-state index is 11.1. The van der Waals surface area contributed by atoms with Gasteiger partial charge in [-0.1, -0.05) is 23.7 Å². The molecule has 3 saturated heterocycles. The van der Waals surface area contributed by atoms with Crippen molar-refractivity contribution in [1.82, 2.24) is 9.80 Å². The molecular weight excluding hydrogens is 342 g/mol. The van der Waals surface area contributed by atoms with Crippen LogP contribution in [0.3, 0.4) is 0 Å². The minimum absolute atomic E-state index is 0.456. The summed E-state index contributed by atoms with van der Waals surface area (Å²) in [6.45, 7) is 7.31. The molecule has 3 aliphatic rings. The van der Waals surface area contributed by atoms with E-state index in [1.165, 1.54) is 0 Å². The molecule has 3 fully saturated rings. The highest BCUT2D eigenvalue weighted by Gasteiger charge is 2.41. The monoisotopic (exact) mass is 365 g/mol. The molecule has 0 spiro atoms. The van der Waals surface area contributed by atoms with Crippen LogP contribution in [0.5, 0.6) is 0 Å². The number of hydrogen-bond donors (Lipinski definition) is 1. The van der Waals surface area contributed by atoms with Gasteiger partial charge in [0.1, 0.15) is 0 Å². The number of carboxylic acid groups (broad SMARTS) is 1. The first-order chi connectivity index (χ1) is 12.1. The van der Waals surface area contributed by atoms with Crippen LogP contribution in [0.25, 0.3) is 0 Å². The predicted molar refractivity (Wildman–Crippen MR) is 96.3 cm³/mol. The average Bonchev–Trinajstić information content (AvgIpc) is 3.16. The molecule has 25 heavy (non-hydrogen) atoms.